The van der Waals surface area contributed by atoms with Crippen molar-refractivity contribution in [3.05, 3.63) is 77.4 Å². The number of carbonyl (C=O) groups excluding carboxylic acids is 1. The van der Waals surface area contributed by atoms with Gasteiger partial charge in [-0.1, -0.05) is 23.8 Å². The Morgan fingerprint density at radius 2 is 2.00 bits per heavy atom. The molecule has 1 amide bonds. The molecule has 3 rings (SSSR count). The third-order valence-electron chi connectivity index (χ3n) is 4.92. The molecule has 0 aliphatic rings. The minimum Gasteiger partial charge on any atom is -0.382 e. The molecule has 0 fully saturated rings. The number of hydrogen-bond acceptors (Lipinski definition) is 5. The van der Waals surface area contributed by atoms with Crippen molar-refractivity contribution in [1.82, 2.24) is 19.7 Å². The van der Waals surface area contributed by atoms with E-state index in [9.17, 15) is 18.7 Å². The highest BCUT2D eigenvalue weighted by Gasteiger charge is 2.35. The van der Waals surface area contributed by atoms with E-state index in [1.54, 1.807) is 11.9 Å². The summed E-state index contributed by atoms with van der Waals surface area (Å²) in [5, 5.41) is 18.2. The van der Waals surface area contributed by atoms with Gasteiger partial charge < -0.3 is 10.4 Å². The number of aryl methyl sites for hydroxylation is 2. The molecule has 7 nitrogen and oxygen atoms in total. The number of aromatic nitrogens is 3. The summed E-state index contributed by atoms with van der Waals surface area (Å²) in [6, 6.07) is 8.70. The van der Waals surface area contributed by atoms with Crippen LogP contribution < -0.4 is 5.32 Å². The van der Waals surface area contributed by atoms with E-state index in [0.717, 1.165) is 17.2 Å². The first kappa shape index (κ1) is 22.5. The lowest BCUT2D eigenvalue weighted by Gasteiger charge is -2.33. The standard InChI is InChI=1S/C22H25F2N5O2/c1-15-4-7-20(16(2)8-15)27-21(30)10-28(3)11-22(31,12-29-14-25-13-26-29)18-6-5-17(23)9-19(18)24/h4-9,13-14,31H,10-12H2,1-3H3,(H,27,30). The molecule has 2 N–H and O–H groups in total. The van der Waals surface area contributed by atoms with Crippen LogP contribution in [0.2, 0.25) is 0 Å². The molecule has 1 heterocycles. The Morgan fingerprint density at radius 3 is 2.65 bits per heavy atom. The smallest absolute Gasteiger partial charge is 0.238 e. The predicted octanol–water partition coefficient (Wildman–Crippen LogP) is 2.63. The number of hydrogen-bond donors (Lipinski definition) is 2. The van der Waals surface area contributed by atoms with Crippen molar-refractivity contribution >= 4 is 11.6 Å². The van der Waals surface area contributed by atoms with E-state index >= 15 is 0 Å². The lowest BCUT2D eigenvalue weighted by Crippen LogP contribution is -2.45. The first-order valence-electron chi connectivity index (χ1n) is 9.72. The van der Waals surface area contributed by atoms with Crippen LogP contribution in [0.1, 0.15) is 16.7 Å². The number of benzene rings is 2. The van der Waals surface area contributed by atoms with Crippen molar-refractivity contribution < 1.29 is 18.7 Å². The number of rotatable bonds is 8. The number of anilines is 1. The number of nitrogens with zero attached hydrogens (tertiary/aromatic N) is 4. The fraction of sp³-hybridized carbons (Fsp3) is 0.318. The van der Waals surface area contributed by atoms with E-state index in [2.05, 4.69) is 15.4 Å². The molecule has 0 aliphatic carbocycles. The second kappa shape index (κ2) is 9.32. The summed E-state index contributed by atoms with van der Waals surface area (Å²) in [5.74, 6) is -1.90. The van der Waals surface area contributed by atoms with E-state index in [4.69, 9.17) is 0 Å². The lowest BCUT2D eigenvalue weighted by atomic mass is 9.92. The van der Waals surface area contributed by atoms with E-state index < -0.39 is 17.2 Å². The van der Waals surface area contributed by atoms with Gasteiger partial charge in [0.05, 0.1) is 13.1 Å². The first-order valence-corrected chi connectivity index (χ1v) is 9.72. The van der Waals surface area contributed by atoms with Crippen molar-refractivity contribution in [3.8, 4) is 0 Å². The van der Waals surface area contributed by atoms with Crippen LogP contribution in [0.3, 0.4) is 0 Å². The molecule has 0 saturated carbocycles. The second-order valence-electron chi connectivity index (χ2n) is 7.79. The Bertz CT molecular complexity index is 1060. The van der Waals surface area contributed by atoms with Crippen LogP contribution in [0, 0.1) is 25.5 Å². The van der Waals surface area contributed by atoms with E-state index in [-0.39, 0.29) is 31.1 Å². The third-order valence-corrected chi connectivity index (χ3v) is 4.92. The average Bonchev–Trinajstić information content (AvgIpc) is 3.16. The van der Waals surface area contributed by atoms with Crippen molar-refractivity contribution in [1.29, 1.82) is 0 Å². The molecule has 31 heavy (non-hydrogen) atoms. The topological polar surface area (TPSA) is 83.3 Å². The summed E-state index contributed by atoms with van der Waals surface area (Å²) in [7, 11) is 1.63. The number of carbonyl (C=O) groups is 1. The Morgan fingerprint density at radius 1 is 1.23 bits per heavy atom. The average molecular weight is 429 g/mol. The van der Waals surface area contributed by atoms with Gasteiger partial charge in [0.1, 0.15) is 29.9 Å². The van der Waals surface area contributed by atoms with Crippen LogP contribution in [0.15, 0.2) is 49.1 Å². The first-order chi connectivity index (χ1) is 14.7. The zero-order valence-electron chi connectivity index (χ0n) is 17.6. The quantitative estimate of drug-likeness (QED) is 0.575. The predicted molar refractivity (Wildman–Crippen MR) is 112 cm³/mol. The van der Waals surface area contributed by atoms with Gasteiger partial charge in [0.2, 0.25) is 5.91 Å². The number of amides is 1. The number of aliphatic hydroxyl groups is 1. The molecule has 0 aliphatic heterocycles. The summed E-state index contributed by atoms with van der Waals surface area (Å²) < 4.78 is 29.3. The van der Waals surface area contributed by atoms with Crippen LogP contribution in [0.5, 0.6) is 0 Å². The molecule has 9 heteroatoms. The highest BCUT2D eigenvalue weighted by atomic mass is 19.1. The molecular formula is C22H25F2N5O2. The van der Waals surface area contributed by atoms with Gasteiger partial charge in [0, 0.05) is 23.9 Å². The molecule has 0 spiro atoms. The summed E-state index contributed by atoms with van der Waals surface area (Å²) in [6.07, 6.45) is 2.68. The Hall–Kier alpha value is -3.17. The fourth-order valence-corrected chi connectivity index (χ4v) is 3.56. The van der Waals surface area contributed by atoms with E-state index in [1.165, 1.54) is 23.4 Å². The molecule has 1 unspecified atom stereocenters. The van der Waals surface area contributed by atoms with Crippen LogP contribution in [0.4, 0.5) is 14.5 Å². The monoisotopic (exact) mass is 429 g/mol. The van der Waals surface area contributed by atoms with Crippen LogP contribution in [0.25, 0.3) is 0 Å². The SMILES string of the molecule is Cc1ccc(NC(=O)CN(C)CC(O)(Cn2cncn2)c2ccc(F)cc2F)c(C)c1. The van der Waals surface area contributed by atoms with Crippen molar-refractivity contribution in [3.63, 3.8) is 0 Å². The summed E-state index contributed by atoms with van der Waals surface area (Å²) in [5.41, 5.74) is 0.858. The van der Waals surface area contributed by atoms with Gasteiger partial charge >= 0.3 is 0 Å². The number of halogens is 2. The zero-order valence-corrected chi connectivity index (χ0v) is 17.6. The minimum absolute atomic E-state index is 0.0458. The Labute approximate surface area is 179 Å². The molecule has 164 valence electrons. The maximum Gasteiger partial charge on any atom is 0.238 e. The largest absolute Gasteiger partial charge is 0.382 e. The molecule has 0 radical (unpaired) electrons. The van der Waals surface area contributed by atoms with Crippen molar-refractivity contribution in [2.24, 2.45) is 0 Å². The zero-order chi connectivity index (χ0) is 22.6. The van der Waals surface area contributed by atoms with Gasteiger partial charge in [-0.2, -0.15) is 5.10 Å². The van der Waals surface area contributed by atoms with Gasteiger partial charge in [0.25, 0.3) is 0 Å². The van der Waals surface area contributed by atoms with Gasteiger partial charge in [0.15, 0.2) is 0 Å². The summed E-state index contributed by atoms with van der Waals surface area (Å²) in [4.78, 5) is 17.9. The highest BCUT2D eigenvalue weighted by Crippen LogP contribution is 2.27. The highest BCUT2D eigenvalue weighted by molar-refractivity contribution is 5.93. The van der Waals surface area contributed by atoms with Gasteiger partial charge in [-0.15, -0.1) is 0 Å². The maximum absolute atomic E-state index is 14.5. The van der Waals surface area contributed by atoms with Gasteiger partial charge in [-0.25, -0.2) is 18.4 Å². The maximum atomic E-state index is 14.5. The summed E-state index contributed by atoms with van der Waals surface area (Å²) in [6.45, 7) is 3.60. The molecule has 0 saturated heterocycles. The van der Waals surface area contributed by atoms with Gasteiger partial charge in [-0.05, 0) is 38.6 Å². The molecular weight excluding hydrogens is 404 g/mol. The fourth-order valence-electron chi connectivity index (χ4n) is 3.56. The third kappa shape index (κ3) is 5.71. The normalized spacial score (nSPS) is 13.3. The second-order valence-corrected chi connectivity index (χ2v) is 7.79. The van der Waals surface area contributed by atoms with E-state index in [0.29, 0.717) is 11.8 Å². The number of likely N-dealkylation sites (N-methyl/N-ethyl adjacent to an activating group) is 1. The van der Waals surface area contributed by atoms with Crippen LogP contribution in [-0.2, 0) is 16.9 Å². The molecule has 1 atom stereocenters. The van der Waals surface area contributed by atoms with E-state index in [1.807, 2.05) is 32.0 Å². The minimum atomic E-state index is -1.78. The molecule has 0 bridgehead atoms. The number of nitrogens with one attached hydrogen (secondary N) is 1. The van der Waals surface area contributed by atoms with Crippen LogP contribution in [-0.4, -0.2) is 50.8 Å². The summed E-state index contributed by atoms with van der Waals surface area (Å²) >= 11 is 0. The molecule has 2 aromatic carbocycles. The van der Waals surface area contributed by atoms with Crippen LogP contribution >= 0.6 is 0 Å². The van der Waals surface area contributed by atoms with Gasteiger partial charge in [-0.3, -0.25) is 9.69 Å². The Kier molecular flexibility index (Phi) is 6.77. The Balaban J connectivity index is 1.76. The van der Waals surface area contributed by atoms with Crippen molar-refractivity contribution in [2.75, 3.05) is 25.5 Å². The van der Waals surface area contributed by atoms with Crippen molar-refractivity contribution in [2.45, 2.75) is 26.0 Å². The molecule has 1 aromatic heterocycles. The lowest BCUT2D eigenvalue weighted by molar-refractivity contribution is -0.118. The molecule has 3 aromatic rings.